The molecule has 1 amide bonds. The predicted octanol–water partition coefficient (Wildman–Crippen LogP) is 3.18. The van der Waals surface area contributed by atoms with Crippen LogP contribution >= 0.6 is 11.6 Å². The maximum absolute atomic E-state index is 13.9. The highest BCUT2D eigenvalue weighted by Crippen LogP contribution is 2.26. The van der Waals surface area contributed by atoms with Crippen LogP contribution in [0.1, 0.15) is 38.7 Å². The van der Waals surface area contributed by atoms with E-state index in [1.54, 1.807) is 0 Å². The van der Waals surface area contributed by atoms with Crippen molar-refractivity contribution in [3.05, 3.63) is 34.6 Å². The Balaban J connectivity index is 1.91. The second kappa shape index (κ2) is 9.15. The first-order valence-corrected chi connectivity index (χ1v) is 10.9. The van der Waals surface area contributed by atoms with Crippen molar-refractivity contribution in [2.24, 2.45) is 11.8 Å². The first kappa shape index (κ1) is 21.1. The van der Waals surface area contributed by atoms with Gasteiger partial charge in [0.15, 0.2) is 0 Å². The van der Waals surface area contributed by atoms with Crippen LogP contribution in [0.25, 0.3) is 0 Å². The summed E-state index contributed by atoms with van der Waals surface area (Å²) >= 11 is 5.93. The summed E-state index contributed by atoms with van der Waals surface area (Å²) in [7, 11) is -3.68. The van der Waals surface area contributed by atoms with Gasteiger partial charge in [-0.15, -0.1) is 0 Å². The fourth-order valence-corrected chi connectivity index (χ4v) is 4.89. The molecule has 1 fully saturated rings. The molecule has 146 valence electrons. The molecule has 0 saturated carbocycles. The summed E-state index contributed by atoms with van der Waals surface area (Å²) < 4.78 is 40.4. The second-order valence-electron chi connectivity index (χ2n) is 7.10. The highest BCUT2D eigenvalue weighted by molar-refractivity contribution is 7.88. The number of sulfonamides is 1. The van der Waals surface area contributed by atoms with Gasteiger partial charge in [-0.1, -0.05) is 31.5 Å². The lowest BCUT2D eigenvalue weighted by molar-refractivity contribution is -0.126. The number of rotatable bonds is 7. The monoisotopic (exact) mass is 404 g/mol. The number of carbonyl (C=O) groups is 1. The third-order valence-corrected chi connectivity index (χ3v) is 6.79. The lowest BCUT2D eigenvalue weighted by Crippen LogP contribution is -2.43. The smallest absolute Gasteiger partial charge is 0.223 e. The number of amides is 1. The number of hydrogen-bond donors (Lipinski definition) is 1. The lowest BCUT2D eigenvalue weighted by Gasteiger charge is -2.30. The summed E-state index contributed by atoms with van der Waals surface area (Å²) in [5.41, 5.74) is -0.0114. The van der Waals surface area contributed by atoms with Gasteiger partial charge in [-0.2, -0.15) is 0 Å². The van der Waals surface area contributed by atoms with E-state index in [0.29, 0.717) is 25.3 Å². The van der Waals surface area contributed by atoms with Gasteiger partial charge in [0.2, 0.25) is 15.9 Å². The maximum Gasteiger partial charge on any atom is 0.223 e. The number of hydrogen-bond acceptors (Lipinski definition) is 3. The van der Waals surface area contributed by atoms with E-state index in [-0.39, 0.29) is 35.5 Å². The SMILES string of the molecule is CC(C)CCNC(=O)C1CCN(S(=O)(=O)Cc2c(F)cccc2Cl)CC1. The van der Waals surface area contributed by atoms with E-state index in [2.05, 4.69) is 19.2 Å². The Labute approximate surface area is 160 Å². The van der Waals surface area contributed by atoms with Crippen LogP contribution in [0.2, 0.25) is 5.02 Å². The Morgan fingerprint density at radius 3 is 2.58 bits per heavy atom. The third-order valence-electron chi connectivity index (χ3n) is 4.63. The molecule has 26 heavy (non-hydrogen) atoms. The number of nitrogens with one attached hydrogen (secondary N) is 1. The van der Waals surface area contributed by atoms with Crippen LogP contribution in [-0.4, -0.2) is 38.3 Å². The second-order valence-corrected chi connectivity index (χ2v) is 9.48. The van der Waals surface area contributed by atoms with Gasteiger partial charge in [0.25, 0.3) is 0 Å². The van der Waals surface area contributed by atoms with Gasteiger partial charge in [-0.25, -0.2) is 17.1 Å². The number of halogens is 2. The van der Waals surface area contributed by atoms with E-state index in [9.17, 15) is 17.6 Å². The molecule has 0 bridgehead atoms. The molecule has 1 aromatic rings. The van der Waals surface area contributed by atoms with Crippen LogP contribution in [0, 0.1) is 17.7 Å². The van der Waals surface area contributed by atoms with Crippen molar-refractivity contribution in [2.45, 2.75) is 38.9 Å². The van der Waals surface area contributed by atoms with E-state index in [1.807, 2.05) is 0 Å². The van der Waals surface area contributed by atoms with Crippen LogP contribution in [-0.2, 0) is 20.6 Å². The van der Waals surface area contributed by atoms with Crippen LogP contribution in [0.4, 0.5) is 4.39 Å². The Kier molecular flexibility index (Phi) is 7.43. The van der Waals surface area contributed by atoms with Crippen molar-refractivity contribution in [2.75, 3.05) is 19.6 Å². The number of nitrogens with zero attached hydrogens (tertiary/aromatic N) is 1. The molecule has 0 aliphatic carbocycles. The Bertz CT molecular complexity index is 712. The average molecular weight is 405 g/mol. The first-order valence-electron chi connectivity index (χ1n) is 8.89. The summed E-state index contributed by atoms with van der Waals surface area (Å²) in [6, 6.07) is 4.12. The fraction of sp³-hybridized carbons (Fsp3) is 0.611. The van der Waals surface area contributed by atoms with E-state index in [0.717, 1.165) is 6.42 Å². The highest BCUT2D eigenvalue weighted by Gasteiger charge is 2.32. The van der Waals surface area contributed by atoms with Gasteiger partial charge >= 0.3 is 0 Å². The van der Waals surface area contributed by atoms with E-state index >= 15 is 0 Å². The Morgan fingerprint density at radius 1 is 1.35 bits per heavy atom. The van der Waals surface area contributed by atoms with Crippen molar-refractivity contribution in [3.8, 4) is 0 Å². The third kappa shape index (κ3) is 5.66. The minimum Gasteiger partial charge on any atom is -0.356 e. The normalized spacial score (nSPS) is 16.8. The molecule has 2 rings (SSSR count). The minimum atomic E-state index is -3.68. The lowest BCUT2D eigenvalue weighted by atomic mass is 9.97. The molecule has 1 aliphatic rings. The topological polar surface area (TPSA) is 66.5 Å². The molecule has 1 heterocycles. The van der Waals surface area contributed by atoms with Gasteiger partial charge in [0.05, 0.1) is 5.75 Å². The maximum atomic E-state index is 13.9. The van der Waals surface area contributed by atoms with Gasteiger partial charge in [-0.05, 0) is 37.3 Å². The predicted molar refractivity (Wildman–Crippen MR) is 101 cm³/mol. The van der Waals surface area contributed by atoms with Crippen LogP contribution in [0.3, 0.4) is 0 Å². The Morgan fingerprint density at radius 2 is 2.00 bits per heavy atom. The summed E-state index contributed by atoms with van der Waals surface area (Å²) in [6.45, 7) is 5.35. The summed E-state index contributed by atoms with van der Waals surface area (Å²) in [4.78, 5) is 12.2. The standard InChI is InChI=1S/C18H26ClFN2O3S/c1-13(2)6-9-21-18(23)14-7-10-22(11-8-14)26(24,25)12-15-16(19)4-3-5-17(15)20/h3-5,13-14H,6-12H2,1-2H3,(H,21,23). The number of benzene rings is 1. The molecular formula is C18H26ClFN2O3S. The van der Waals surface area contributed by atoms with Crippen LogP contribution < -0.4 is 5.32 Å². The molecular weight excluding hydrogens is 379 g/mol. The molecule has 1 aromatic carbocycles. The number of piperidine rings is 1. The highest BCUT2D eigenvalue weighted by atomic mass is 35.5. The molecule has 1 N–H and O–H groups in total. The van der Waals surface area contributed by atoms with Gasteiger partial charge in [0.1, 0.15) is 5.82 Å². The van der Waals surface area contributed by atoms with Crippen LogP contribution in [0.15, 0.2) is 18.2 Å². The number of carbonyl (C=O) groups excluding carboxylic acids is 1. The summed E-state index contributed by atoms with van der Waals surface area (Å²) in [6.07, 6.45) is 1.86. The molecule has 0 unspecified atom stereocenters. The quantitative estimate of drug-likeness (QED) is 0.758. The largest absolute Gasteiger partial charge is 0.356 e. The van der Waals surface area contributed by atoms with E-state index in [1.165, 1.54) is 22.5 Å². The fourth-order valence-electron chi connectivity index (χ4n) is 2.97. The van der Waals surface area contributed by atoms with Crippen molar-refractivity contribution in [1.29, 1.82) is 0 Å². The minimum absolute atomic E-state index is 0.0114. The van der Waals surface area contributed by atoms with E-state index in [4.69, 9.17) is 11.6 Å². The molecule has 1 aliphatic heterocycles. The molecule has 0 atom stereocenters. The van der Waals surface area contributed by atoms with Gasteiger partial charge in [-0.3, -0.25) is 4.79 Å². The van der Waals surface area contributed by atoms with Gasteiger partial charge < -0.3 is 5.32 Å². The molecule has 0 radical (unpaired) electrons. The van der Waals surface area contributed by atoms with Gasteiger partial charge in [0, 0.05) is 36.1 Å². The average Bonchev–Trinajstić information content (AvgIpc) is 2.58. The zero-order valence-electron chi connectivity index (χ0n) is 15.2. The van der Waals surface area contributed by atoms with Crippen molar-refractivity contribution in [3.63, 3.8) is 0 Å². The molecule has 0 aromatic heterocycles. The zero-order valence-corrected chi connectivity index (χ0v) is 16.7. The summed E-state index contributed by atoms with van der Waals surface area (Å²) in [5.74, 6) is -0.762. The molecule has 0 spiro atoms. The van der Waals surface area contributed by atoms with Crippen molar-refractivity contribution < 1.29 is 17.6 Å². The first-order chi connectivity index (χ1) is 12.2. The summed E-state index contributed by atoms with van der Waals surface area (Å²) in [5, 5.41) is 3.02. The van der Waals surface area contributed by atoms with Crippen LogP contribution in [0.5, 0.6) is 0 Å². The van der Waals surface area contributed by atoms with Crippen molar-refractivity contribution >= 4 is 27.5 Å². The van der Waals surface area contributed by atoms with Crippen molar-refractivity contribution in [1.82, 2.24) is 9.62 Å². The molecule has 5 nitrogen and oxygen atoms in total. The zero-order chi connectivity index (χ0) is 19.3. The van der Waals surface area contributed by atoms with E-state index < -0.39 is 21.6 Å². The molecule has 1 saturated heterocycles. The molecule has 8 heteroatoms. The Hall–Kier alpha value is -1.18.